The third kappa shape index (κ3) is 3.01. The number of hydrogen-bond acceptors (Lipinski definition) is 3. The van der Waals surface area contributed by atoms with Gasteiger partial charge in [0, 0.05) is 26.1 Å². The first-order chi connectivity index (χ1) is 8.81. The van der Waals surface area contributed by atoms with Gasteiger partial charge in [-0.25, -0.2) is 0 Å². The Balaban J connectivity index is 1.81. The van der Waals surface area contributed by atoms with Gasteiger partial charge in [-0.1, -0.05) is 12.1 Å². The van der Waals surface area contributed by atoms with Crippen molar-refractivity contribution in [3.63, 3.8) is 0 Å². The molecule has 1 fully saturated rings. The van der Waals surface area contributed by atoms with E-state index in [4.69, 9.17) is 5.26 Å². The van der Waals surface area contributed by atoms with E-state index < -0.39 is 0 Å². The van der Waals surface area contributed by atoms with Crippen LogP contribution in [-0.2, 0) is 4.79 Å². The number of anilines is 1. The molecule has 1 aliphatic heterocycles. The van der Waals surface area contributed by atoms with Crippen LogP contribution < -0.4 is 5.32 Å². The zero-order valence-electron chi connectivity index (χ0n) is 10.4. The molecule has 2 rings (SSSR count). The van der Waals surface area contributed by atoms with Crippen molar-refractivity contribution < 1.29 is 4.79 Å². The molecule has 0 aromatic heterocycles. The fourth-order valence-electron chi connectivity index (χ4n) is 2.16. The average molecular weight is 243 g/mol. The quantitative estimate of drug-likeness (QED) is 0.879. The fourth-order valence-corrected chi connectivity index (χ4v) is 2.16. The molecule has 1 aromatic carbocycles. The summed E-state index contributed by atoms with van der Waals surface area (Å²) in [5.74, 6) is 0.203. The van der Waals surface area contributed by atoms with Gasteiger partial charge in [0.2, 0.25) is 5.91 Å². The molecule has 4 nitrogen and oxygen atoms in total. The summed E-state index contributed by atoms with van der Waals surface area (Å²) in [6.07, 6.45) is 2.73. The molecule has 1 N–H and O–H groups in total. The first kappa shape index (κ1) is 12.4. The minimum Gasteiger partial charge on any atom is -0.383 e. The van der Waals surface area contributed by atoms with Crippen LogP contribution in [-0.4, -0.2) is 30.4 Å². The van der Waals surface area contributed by atoms with Crippen LogP contribution in [0.3, 0.4) is 0 Å². The second kappa shape index (κ2) is 6.06. The lowest BCUT2D eigenvalue weighted by atomic mass is 10.2. The molecule has 0 aliphatic carbocycles. The Kier molecular flexibility index (Phi) is 4.19. The average Bonchev–Trinajstić information content (AvgIpc) is 2.93. The molecule has 0 radical (unpaired) electrons. The maximum Gasteiger partial charge on any atom is 0.224 e. The van der Waals surface area contributed by atoms with E-state index in [1.54, 1.807) is 6.07 Å². The highest BCUT2D eigenvalue weighted by Gasteiger charge is 2.16. The Bertz CT molecular complexity index is 458. The fraction of sp³-hybridized carbons (Fsp3) is 0.429. The number of nitrogens with one attached hydrogen (secondary N) is 1. The van der Waals surface area contributed by atoms with Gasteiger partial charge in [0.1, 0.15) is 6.07 Å². The van der Waals surface area contributed by atoms with Crippen molar-refractivity contribution in [1.82, 2.24) is 4.90 Å². The second-order valence-corrected chi connectivity index (χ2v) is 4.42. The number of carbonyl (C=O) groups excluding carboxylic acids is 1. The number of rotatable bonds is 4. The van der Waals surface area contributed by atoms with E-state index in [0.29, 0.717) is 18.5 Å². The van der Waals surface area contributed by atoms with Crippen LogP contribution >= 0.6 is 0 Å². The van der Waals surface area contributed by atoms with Crippen LogP contribution in [0, 0.1) is 11.3 Å². The summed E-state index contributed by atoms with van der Waals surface area (Å²) in [6, 6.07) is 9.47. The minimum atomic E-state index is 0.203. The van der Waals surface area contributed by atoms with Crippen molar-refractivity contribution in [3.05, 3.63) is 29.8 Å². The lowest BCUT2D eigenvalue weighted by molar-refractivity contribution is -0.129. The standard InChI is InChI=1S/C14H17N3O/c15-11-12-5-1-2-6-13(12)16-8-7-14(18)17-9-3-4-10-17/h1-2,5-6,16H,3-4,7-10H2. The Morgan fingerprint density at radius 2 is 2.06 bits per heavy atom. The van der Waals surface area contributed by atoms with Crippen molar-refractivity contribution >= 4 is 11.6 Å². The molecular weight excluding hydrogens is 226 g/mol. The van der Waals surface area contributed by atoms with E-state index in [1.807, 2.05) is 23.1 Å². The Morgan fingerprint density at radius 1 is 1.33 bits per heavy atom. The number of carbonyl (C=O) groups is 1. The zero-order chi connectivity index (χ0) is 12.8. The van der Waals surface area contributed by atoms with Gasteiger partial charge in [-0.3, -0.25) is 4.79 Å². The zero-order valence-corrected chi connectivity index (χ0v) is 10.4. The van der Waals surface area contributed by atoms with Gasteiger partial charge >= 0.3 is 0 Å². The normalized spacial score (nSPS) is 14.3. The molecular formula is C14H17N3O. The molecule has 4 heteroatoms. The van der Waals surface area contributed by atoms with Gasteiger partial charge in [0.25, 0.3) is 0 Å². The van der Waals surface area contributed by atoms with Crippen LogP contribution in [0.4, 0.5) is 5.69 Å². The molecule has 1 heterocycles. The summed E-state index contributed by atoms with van der Waals surface area (Å²) in [4.78, 5) is 13.7. The highest BCUT2D eigenvalue weighted by atomic mass is 16.2. The van der Waals surface area contributed by atoms with Crippen LogP contribution in [0.15, 0.2) is 24.3 Å². The Hall–Kier alpha value is -2.02. The van der Waals surface area contributed by atoms with Crippen molar-refractivity contribution in [3.8, 4) is 6.07 Å². The number of nitrogens with zero attached hydrogens (tertiary/aromatic N) is 2. The maximum atomic E-state index is 11.8. The highest BCUT2D eigenvalue weighted by molar-refractivity contribution is 5.77. The summed E-state index contributed by atoms with van der Waals surface area (Å²) in [5, 5.41) is 12.1. The summed E-state index contributed by atoms with van der Waals surface area (Å²) in [5.41, 5.74) is 1.42. The molecule has 0 atom stereocenters. The first-order valence-corrected chi connectivity index (χ1v) is 6.32. The molecule has 1 aromatic rings. The van der Waals surface area contributed by atoms with E-state index in [2.05, 4.69) is 11.4 Å². The van der Waals surface area contributed by atoms with Crippen LogP contribution in [0.2, 0.25) is 0 Å². The van der Waals surface area contributed by atoms with Gasteiger partial charge in [-0.15, -0.1) is 0 Å². The van der Waals surface area contributed by atoms with Crippen molar-refractivity contribution in [2.45, 2.75) is 19.3 Å². The minimum absolute atomic E-state index is 0.203. The lowest BCUT2D eigenvalue weighted by Gasteiger charge is -2.15. The predicted molar refractivity (Wildman–Crippen MR) is 70.1 cm³/mol. The summed E-state index contributed by atoms with van der Waals surface area (Å²) < 4.78 is 0. The van der Waals surface area contributed by atoms with Gasteiger partial charge in [-0.2, -0.15) is 5.26 Å². The molecule has 0 spiro atoms. The largest absolute Gasteiger partial charge is 0.383 e. The highest BCUT2D eigenvalue weighted by Crippen LogP contribution is 2.14. The summed E-state index contributed by atoms with van der Waals surface area (Å²) in [7, 11) is 0. The van der Waals surface area contributed by atoms with Crippen molar-refractivity contribution in [2.75, 3.05) is 25.0 Å². The molecule has 1 aliphatic rings. The van der Waals surface area contributed by atoms with Crippen LogP contribution in [0.5, 0.6) is 0 Å². The maximum absolute atomic E-state index is 11.8. The van der Waals surface area contributed by atoms with Crippen LogP contribution in [0.25, 0.3) is 0 Å². The molecule has 18 heavy (non-hydrogen) atoms. The number of likely N-dealkylation sites (tertiary alicyclic amines) is 1. The third-order valence-corrected chi connectivity index (χ3v) is 3.16. The Morgan fingerprint density at radius 3 is 2.78 bits per heavy atom. The Labute approximate surface area is 107 Å². The number of nitriles is 1. The van der Waals surface area contributed by atoms with E-state index >= 15 is 0 Å². The van der Waals surface area contributed by atoms with E-state index in [-0.39, 0.29) is 5.91 Å². The topological polar surface area (TPSA) is 56.1 Å². The van der Waals surface area contributed by atoms with E-state index in [0.717, 1.165) is 31.6 Å². The van der Waals surface area contributed by atoms with Crippen LogP contribution in [0.1, 0.15) is 24.8 Å². The second-order valence-electron chi connectivity index (χ2n) is 4.42. The summed E-state index contributed by atoms with van der Waals surface area (Å²) >= 11 is 0. The third-order valence-electron chi connectivity index (χ3n) is 3.16. The molecule has 1 saturated heterocycles. The van der Waals surface area contributed by atoms with E-state index in [1.165, 1.54) is 0 Å². The first-order valence-electron chi connectivity index (χ1n) is 6.32. The lowest BCUT2D eigenvalue weighted by Crippen LogP contribution is -2.29. The van der Waals surface area contributed by atoms with Gasteiger partial charge in [-0.05, 0) is 25.0 Å². The van der Waals surface area contributed by atoms with Crippen molar-refractivity contribution in [1.29, 1.82) is 5.26 Å². The van der Waals surface area contributed by atoms with E-state index in [9.17, 15) is 4.79 Å². The predicted octanol–water partition coefficient (Wildman–Crippen LogP) is 1.98. The molecule has 94 valence electrons. The number of amides is 1. The van der Waals surface area contributed by atoms with Gasteiger partial charge < -0.3 is 10.2 Å². The SMILES string of the molecule is N#Cc1ccccc1NCCC(=O)N1CCCC1. The van der Waals surface area contributed by atoms with Gasteiger partial charge in [0.15, 0.2) is 0 Å². The summed E-state index contributed by atoms with van der Waals surface area (Å²) in [6.45, 7) is 2.37. The molecule has 0 unspecified atom stereocenters. The molecule has 0 bridgehead atoms. The number of hydrogen-bond donors (Lipinski definition) is 1. The monoisotopic (exact) mass is 243 g/mol. The molecule has 0 saturated carbocycles. The smallest absolute Gasteiger partial charge is 0.224 e. The van der Waals surface area contributed by atoms with Crippen molar-refractivity contribution in [2.24, 2.45) is 0 Å². The van der Waals surface area contributed by atoms with Gasteiger partial charge in [0.05, 0.1) is 11.3 Å². The number of benzene rings is 1. The molecule has 1 amide bonds. The number of para-hydroxylation sites is 1.